The van der Waals surface area contributed by atoms with Gasteiger partial charge < -0.3 is 5.73 Å². The summed E-state index contributed by atoms with van der Waals surface area (Å²) in [6.45, 7) is 2.81. The standard InChI is InChI=1S/C9H14N2/c1-8-5-9(3-2-4-10)7-11-6-8/h5-7H,2-4,10H2,1H3. The first-order chi connectivity index (χ1) is 5.33. The molecule has 0 fully saturated rings. The van der Waals surface area contributed by atoms with Crippen LogP contribution < -0.4 is 5.73 Å². The second kappa shape index (κ2) is 4.09. The molecule has 2 N–H and O–H groups in total. The number of hydrogen-bond acceptors (Lipinski definition) is 2. The Hall–Kier alpha value is -0.890. The van der Waals surface area contributed by atoms with Crippen LogP contribution in [0.25, 0.3) is 0 Å². The van der Waals surface area contributed by atoms with Crippen molar-refractivity contribution in [3.63, 3.8) is 0 Å². The molecule has 1 heterocycles. The second-order valence-corrected chi connectivity index (χ2v) is 2.76. The molecule has 0 bridgehead atoms. The zero-order valence-electron chi connectivity index (χ0n) is 6.88. The Bertz CT molecular complexity index is 221. The maximum Gasteiger partial charge on any atom is 0.0300 e. The van der Waals surface area contributed by atoms with E-state index in [9.17, 15) is 0 Å². The van der Waals surface area contributed by atoms with Crippen molar-refractivity contribution < 1.29 is 0 Å². The molecule has 60 valence electrons. The van der Waals surface area contributed by atoms with E-state index in [1.807, 2.05) is 12.4 Å². The van der Waals surface area contributed by atoms with E-state index in [2.05, 4.69) is 18.0 Å². The molecule has 0 saturated carbocycles. The molecular weight excluding hydrogens is 136 g/mol. The number of nitrogens with zero attached hydrogens (tertiary/aromatic N) is 1. The third kappa shape index (κ3) is 2.68. The molecule has 0 aromatic carbocycles. The van der Waals surface area contributed by atoms with Gasteiger partial charge in [0.1, 0.15) is 0 Å². The van der Waals surface area contributed by atoms with Crippen LogP contribution in [0.5, 0.6) is 0 Å². The zero-order chi connectivity index (χ0) is 8.10. The summed E-state index contributed by atoms with van der Waals surface area (Å²) in [6.07, 6.45) is 5.87. The Morgan fingerprint density at radius 3 is 2.91 bits per heavy atom. The van der Waals surface area contributed by atoms with Crippen molar-refractivity contribution in [1.29, 1.82) is 0 Å². The normalized spacial score (nSPS) is 10.0. The fraction of sp³-hybridized carbons (Fsp3) is 0.444. The molecule has 0 unspecified atom stereocenters. The Kier molecular flexibility index (Phi) is 3.05. The van der Waals surface area contributed by atoms with Crippen molar-refractivity contribution >= 4 is 0 Å². The van der Waals surface area contributed by atoms with Crippen molar-refractivity contribution in [2.24, 2.45) is 5.73 Å². The molecule has 0 radical (unpaired) electrons. The van der Waals surface area contributed by atoms with E-state index in [0.29, 0.717) is 0 Å². The minimum absolute atomic E-state index is 0.758. The summed E-state index contributed by atoms with van der Waals surface area (Å²) in [6, 6.07) is 2.16. The molecule has 0 aliphatic carbocycles. The zero-order valence-corrected chi connectivity index (χ0v) is 6.88. The van der Waals surface area contributed by atoms with Gasteiger partial charge in [-0.3, -0.25) is 4.98 Å². The van der Waals surface area contributed by atoms with Crippen molar-refractivity contribution in [3.05, 3.63) is 29.6 Å². The quantitative estimate of drug-likeness (QED) is 0.705. The molecule has 1 aromatic heterocycles. The monoisotopic (exact) mass is 150 g/mol. The van der Waals surface area contributed by atoms with Crippen LogP contribution in [0, 0.1) is 6.92 Å². The highest BCUT2D eigenvalue weighted by atomic mass is 14.6. The van der Waals surface area contributed by atoms with Crippen LogP contribution in [0.4, 0.5) is 0 Å². The molecule has 1 rings (SSSR count). The largest absolute Gasteiger partial charge is 0.330 e. The Morgan fingerprint density at radius 2 is 2.27 bits per heavy atom. The number of pyridine rings is 1. The number of nitrogens with two attached hydrogens (primary N) is 1. The van der Waals surface area contributed by atoms with E-state index >= 15 is 0 Å². The lowest BCUT2D eigenvalue weighted by atomic mass is 10.1. The van der Waals surface area contributed by atoms with Crippen molar-refractivity contribution in [2.45, 2.75) is 19.8 Å². The van der Waals surface area contributed by atoms with Gasteiger partial charge in [-0.05, 0) is 37.4 Å². The van der Waals surface area contributed by atoms with Gasteiger partial charge in [-0.25, -0.2) is 0 Å². The first-order valence-corrected chi connectivity index (χ1v) is 3.93. The van der Waals surface area contributed by atoms with Gasteiger partial charge in [0.15, 0.2) is 0 Å². The van der Waals surface area contributed by atoms with Crippen LogP contribution in [0.3, 0.4) is 0 Å². The van der Waals surface area contributed by atoms with Crippen molar-refractivity contribution in [1.82, 2.24) is 4.98 Å². The van der Waals surface area contributed by atoms with E-state index in [0.717, 1.165) is 19.4 Å². The minimum atomic E-state index is 0.758. The number of rotatable bonds is 3. The average molecular weight is 150 g/mol. The van der Waals surface area contributed by atoms with Crippen molar-refractivity contribution in [3.8, 4) is 0 Å². The molecular formula is C9H14N2. The van der Waals surface area contributed by atoms with Gasteiger partial charge in [0, 0.05) is 12.4 Å². The summed E-state index contributed by atoms with van der Waals surface area (Å²) >= 11 is 0. The number of hydrogen-bond donors (Lipinski definition) is 1. The van der Waals surface area contributed by atoms with Crippen LogP contribution >= 0.6 is 0 Å². The van der Waals surface area contributed by atoms with E-state index in [1.54, 1.807) is 0 Å². The van der Waals surface area contributed by atoms with Gasteiger partial charge in [0.2, 0.25) is 0 Å². The highest BCUT2D eigenvalue weighted by Gasteiger charge is 1.91. The predicted molar refractivity (Wildman–Crippen MR) is 46.3 cm³/mol. The topological polar surface area (TPSA) is 38.9 Å². The fourth-order valence-electron chi connectivity index (χ4n) is 1.06. The van der Waals surface area contributed by atoms with Gasteiger partial charge in [-0.1, -0.05) is 6.07 Å². The van der Waals surface area contributed by atoms with Crippen LogP contribution in [0.2, 0.25) is 0 Å². The maximum atomic E-state index is 5.39. The van der Waals surface area contributed by atoms with Gasteiger partial charge >= 0.3 is 0 Å². The van der Waals surface area contributed by atoms with Gasteiger partial charge in [-0.15, -0.1) is 0 Å². The Morgan fingerprint density at radius 1 is 1.45 bits per heavy atom. The molecule has 0 aliphatic heterocycles. The molecule has 0 saturated heterocycles. The molecule has 2 nitrogen and oxygen atoms in total. The highest BCUT2D eigenvalue weighted by molar-refractivity contribution is 5.16. The highest BCUT2D eigenvalue weighted by Crippen LogP contribution is 2.03. The van der Waals surface area contributed by atoms with E-state index < -0.39 is 0 Å². The summed E-state index contributed by atoms with van der Waals surface area (Å²) in [7, 11) is 0. The first kappa shape index (κ1) is 8.21. The van der Waals surface area contributed by atoms with Crippen LogP contribution in [-0.4, -0.2) is 11.5 Å². The lowest BCUT2D eigenvalue weighted by Gasteiger charge is -1.99. The van der Waals surface area contributed by atoms with Gasteiger partial charge in [0.05, 0.1) is 0 Å². The molecule has 0 spiro atoms. The smallest absolute Gasteiger partial charge is 0.0300 e. The molecule has 2 heteroatoms. The minimum Gasteiger partial charge on any atom is -0.330 e. The van der Waals surface area contributed by atoms with Gasteiger partial charge in [-0.2, -0.15) is 0 Å². The summed E-state index contributed by atoms with van der Waals surface area (Å²) in [5.41, 5.74) is 7.90. The van der Waals surface area contributed by atoms with Crippen LogP contribution in [0.15, 0.2) is 18.5 Å². The summed E-state index contributed by atoms with van der Waals surface area (Å²) < 4.78 is 0. The molecule has 1 aromatic rings. The number of aryl methyl sites for hydroxylation is 2. The average Bonchev–Trinajstić information content (AvgIpc) is 2.01. The summed E-state index contributed by atoms with van der Waals surface area (Å²) in [4.78, 5) is 4.10. The summed E-state index contributed by atoms with van der Waals surface area (Å²) in [5.74, 6) is 0. The van der Waals surface area contributed by atoms with E-state index in [1.165, 1.54) is 11.1 Å². The van der Waals surface area contributed by atoms with E-state index in [-0.39, 0.29) is 0 Å². The Labute approximate surface area is 67.5 Å². The second-order valence-electron chi connectivity index (χ2n) is 2.76. The van der Waals surface area contributed by atoms with Crippen LogP contribution in [-0.2, 0) is 6.42 Å². The lowest BCUT2D eigenvalue weighted by molar-refractivity contribution is 0.827. The maximum absolute atomic E-state index is 5.39. The number of aromatic nitrogens is 1. The Balaban J connectivity index is 2.56. The summed E-state index contributed by atoms with van der Waals surface area (Å²) in [5, 5.41) is 0. The van der Waals surface area contributed by atoms with Crippen molar-refractivity contribution in [2.75, 3.05) is 6.54 Å². The van der Waals surface area contributed by atoms with E-state index in [4.69, 9.17) is 5.73 Å². The fourth-order valence-corrected chi connectivity index (χ4v) is 1.06. The molecule has 11 heavy (non-hydrogen) atoms. The van der Waals surface area contributed by atoms with Crippen LogP contribution in [0.1, 0.15) is 17.5 Å². The molecule has 0 atom stereocenters. The molecule has 0 aliphatic rings. The predicted octanol–water partition coefficient (Wildman–Crippen LogP) is 1.28. The third-order valence-corrected chi connectivity index (χ3v) is 1.60. The third-order valence-electron chi connectivity index (χ3n) is 1.60. The molecule has 0 amide bonds. The SMILES string of the molecule is Cc1cncc(CCCN)c1. The van der Waals surface area contributed by atoms with Gasteiger partial charge in [0.25, 0.3) is 0 Å². The first-order valence-electron chi connectivity index (χ1n) is 3.93. The lowest BCUT2D eigenvalue weighted by Crippen LogP contribution is -2.00.